The second kappa shape index (κ2) is 6.32. The number of hydrogen-bond acceptors (Lipinski definition) is 4. The van der Waals surface area contributed by atoms with Gasteiger partial charge in [-0.3, -0.25) is 4.79 Å². The Labute approximate surface area is 126 Å². The Balaban J connectivity index is 1.82. The first kappa shape index (κ1) is 15.6. The van der Waals surface area contributed by atoms with Gasteiger partial charge in [0, 0.05) is 31.0 Å². The summed E-state index contributed by atoms with van der Waals surface area (Å²) in [6.07, 6.45) is 0.0457. The normalized spacial score (nSPS) is 17.3. The van der Waals surface area contributed by atoms with Crippen molar-refractivity contribution in [1.82, 2.24) is 4.90 Å². The van der Waals surface area contributed by atoms with Crippen LogP contribution in [0.4, 0.5) is 0 Å². The van der Waals surface area contributed by atoms with E-state index in [-0.39, 0.29) is 38.4 Å². The molecule has 0 spiro atoms. The summed E-state index contributed by atoms with van der Waals surface area (Å²) in [5.74, 6) is -0.948. The lowest BCUT2D eigenvalue weighted by molar-refractivity contribution is -0.165. The van der Waals surface area contributed by atoms with Crippen molar-refractivity contribution in [2.75, 3.05) is 19.7 Å². The van der Waals surface area contributed by atoms with Crippen LogP contribution >= 0.6 is 11.6 Å². The average molecular weight is 314 g/mol. The number of carbonyl (C=O) groups is 2. The zero-order valence-corrected chi connectivity index (χ0v) is 12.0. The molecule has 114 valence electrons. The van der Waals surface area contributed by atoms with Crippen molar-refractivity contribution >= 4 is 23.5 Å². The van der Waals surface area contributed by atoms with Gasteiger partial charge in [-0.2, -0.15) is 0 Å². The first-order valence-corrected chi connectivity index (χ1v) is 6.90. The summed E-state index contributed by atoms with van der Waals surface area (Å²) in [7, 11) is 0. The smallest absolute Gasteiger partial charge is 0.335 e. The van der Waals surface area contributed by atoms with Crippen LogP contribution in [0.5, 0.6) is 5.75 Å². The van der Waals surface area contributed by atoms with E-state index in [9.17, 15) is 14.7 Å². The molecule has 1 aromatic carbocycles. The zero-order chi connectivity index (χ0) is 15.5. The zero-order valence-electron chi connectivity index (χ0n) is 11.3. The van der Waals surface area contributed by atoms with Gasteiger partial charge in [-0.15, -0.1) is 0 Å². The van der Waals surface area contributed by atoms with Crippen LogP contribution in [0.15, 0.2) is 24.3 Å². The Hall–Kier alpha value is -1.79. The lowest BCUT2D eigenvalue weighted by atomic mass is 9.92. The van der Waals surface area contributed by atoms with E-state index in [1.807, 2.05) is 0 Å². The van der Waals surface area contributed by atoms with Gasteiger partial charge in [0.05, 0.1) is 0 Å². The Morgan fingerprint density at radius 3 is 2.33 bits per heavy atom. The van der Waals surface area contributed by atoms with Gasteiger partial charge in [0.2, 0.25) is 0 Å². The van der Waals surface area contributed by atoms with Gasteiger partial charge in [-0.25, -0.2) is 4.79 Å². The van der Waals surface area contributed by atoms with Crippen LogP contribution in [0, 0.1) is 0 Å². The van der Waals surface area contributed by atoms with E-state index in [4.69, 9.17) is 21.4 Å². The summed E-state index contributed by atoms with van der Waals surface area (Å²) in [6, 6.07) is 6.65. The number of likely N-dealkylation sites (tertiary alicyclic amines) is 1. The van der Waals surface area contributed by atoms with E-state index in [0.717, 1.165) is 0 Å². The molecule has 21 heavy (non-hydrogen) atoms. The van der Waals surface area contributed by atoms with Crippen LogP contribution in [0.25, 0.3) is 0 Å². The first-order valence-electron chi connectivity index (χ1n) is 6.53. The fourth-order valence-electron chi connectivity index (χ4n) is 2.11. The van der Waals surface area contributed by atoms with Crippen molar-refractivity contribution in [1.29, 1.82) is 0 Å². The van der Waals surface area contributed by atoms with Crippen molar-refractivity contribution in [2.24, 2.45) is 0 Å². The van der Waals surface area contributed by atoms with Crippen LogP contribution in [0.3, 0.4) is 0 Å². The van der Waals surface area contributed by atoms with Crippen molar-refractivity contribution in [3.05, 3.63) is 29.3 Å². The van der Waals surface area contributed by atoms with Gasteiger partial charge in [0.15, 0.2) is 12.2 Å². The van der Waals surface area contributed by atoms with E-state index in [1.54, 1.807) is 24.3 Å². The van der Waals surface area contributed by atoms with Gasteiger partial charge in [0.25, 0.3) is 5.91 Å². The number of piperidine rings is 1. The summed E-state index contributed by atoms with van der Waals surface area (Å²) in [5.41, 5.74) is -1.73. The lowest BCUT2D eigenvalue weighted by Crippen LogP contribution is -2.51. The minimum atomic E-state index is -1.73. The molecule has 0 radical (unpaired) electrons. The SMILES string of the molecule is O=C(COc1ccc(Cl)cc1)N1CCC(O)(C(=O)O)CC1. The molecule has 0 aliphatic carbocycles. The molecule has 0 aromatic heterocycles. The molecule has 1 fully saturated rings. The Bertz CT molecular complexity index is 523. The van der Waals surface area contributed by atoms with E-state index >= 15 is 0 Å². The van der Waals surface area contributed by atoms with Crippen molar-refractivity contribution < 1.29 is 24.5 Å². The largest absolute Gasteiger partial charge is 0.484 e. The first-order chi connectivity index (χ1) is 9.90. The third-order valence-corrected chi connectivity index (χ3v) is 3.77. The van der Waals surface area contributed by atoms with E-state index in [0.29, 0.717) is 10.8 Å². The molecule has 0 bridgehead atoms. The van der Waals surface area contributed by atoms with Gasteiger partial charge in [-0.05, 0) is 24.3 Å². The minimum absolute atomic E-state index is 0.0228. The highest BCUT2D eigenvalue weighted by Gasteiger charge is 2.40. The number of carboxylic acids is 1. The van der Waals surface area contributed by atoms with Crippen LogP contribution < -0.4 is 4.74 Å². The highest BCUT2D eigenvalue weighted by atomic mass is 35.5. The van der Waals surface area contributed by atoms with Gasteiger partial charge >= 0.3 is 5.97 Å². The van der Waals surface area contributed by atoms with Crippen molar-refractivity contribution in [3.8, 4) is 5.75 Å². The highest BCUT2D eigenvalue weighted by Crippen LogP contribution is 2.22. The van der Waals surface area contributed by atoms with Crippen LogP contribution in [-0.2, 0) is 9.59 Å². The van der Waals surface area contributed by atoms with E-state index < -0.39 is 11.6 Å². The fourth-order valence-corrected chi connectivity index (χ4v) is 2.23. The number of aliphatic hydroxyl groups is 1. The molecule has 1 aromatic rings. The summed E-state index contributed by atoms with van der Waals surface area (Å²) >= 11 is 5.75. The van der Waals surface area contributed by atoms with Gasteiger partial charge in [0.1, 0.15) is 5.75 Å². The predicted molar refractivity (Wildman–Crippen MR) is 75.3 cm³/mol. The summed E-state index contributed by atoms with van der Waals surface area (Å²) in [6.45, 7) is 0.268. The topological polar surface area (TPSA) is 87.1 Å². The molecular weight excluding hydrogens is 298 g/mol. The number of rotatable bonds is 4. The summed E-state index contributed by atoms with van der Waals surface area (Å²) < 4.78 is 5.35. The maximum Gasteiger partial charge on any atom is 0.335 e. The molecule has 0 unspecified atom stereocenters. The molecule has 1 amide bonds. The molecule has 1 aliphatic heterocycles. The number of hydrogen-bond donors (Lipinski definition) is 2. The molecule has 1 aliphatic rings. The Kier molecular flexibility index (Phi) is 4.69. The van der Waals surface area contributed by atoms with Gasteiger partial charge < -0.3 is 19.8 Å². The van der Waals surface area contributed by atoms with Crippen molar-refractivity contribution in [3.63, 3.8) is 0 Å². The van der Waals surface area contributed by atoms with Gasteiger partial charge in [-0.1, -0.05) is 11.6 Å². The van der Waals surface area contributed by atoms with E-state index in [2.05, 4.69) is 0 Å². The molecule has 1 saturated heterocycles. The number of carboxylic acid groups (broad SMARTS) is 1. The summed E-state index contributed by atoms with van der Waals surface area (Å²) in [5, 5.41) is 19.3. The maximum atomic E-state index is 12.0. The molecule has 1 heterocycles. The Morgan fingerprint density at radius 2 is 1.81 bits per heavy atom. The molecule has 2 N–H and O–H groups in total. The number of ether oxygens (including phenoxy) is 1. The monoisotopic (exact) mass is 313 g/mol. The molecule has 6 nitrogen and oxygen atoms in total. The highest BCUT2D eigenvalue weighted by molar-refractivity contribution is 6.30. The van der Waals surface area contributed by atoms with Crippen LogP contribution in [-0.4, -0.2) is 52.3 Å². The number of halogens is 1. The van der Waals surface area contributed by atoms with Crippen LogP contribution in [0.2, 0.25) is 5.02 Å². The third kappa shape index (κ3) is 3.86. The van der Waals surface area contributed by atoms with Crippen molar-refractivity contribution in [2.45, 2.75) is 18.4 Å². The minimum Gasteiger partial charge on any atom is -0.484 e. The molecule has 7 heteroatoms. The molecule has 2 rings (SSSR count). The number of nitrogens with zero attached hydrogens (tertiary/aromatic N) is 1. The number of aliphatic carboxylic acids is 1. The molecule has 0 atom stereocenters. The predicted octanol–water partition coefficient (Wildman–Crippen LogP) is 1.16. The molecular formula is C14H16ClNO5. The Morgan fingerprint density at radius 1 is 1.24 bits per heavy atom. The third-order valence-electron chi connectivity index (χ3n) is 3.52. The summed E-state index contributed by atoms with van der Waals surface area (Å²) in [4.78, 5) is 24.4. The van der Waals surface area contributed by atoms with Crippen LogP contribution in [0.1, 0.15) is 12.8 Å². The molecule has 0 saturated carbocycles. The number of carbonyl (C=O) groups excluding carboxylic acids is 1. The maximum absolute atomic E-state index is 12.0. The quantitative estimate of drug-likeness (QED) is 0.871. The average Bonchev–Trinajstić information content (AvgIpc) is 2.47. The number of amides is 1. The lowest BCUT2D eigenvalue weighted by Gasteiger charge is -2.35. The standard InChI is InChI=1S/C14H16ClNO5/c15-10-1-3-11(4-2-10)21-9-12(17)16-7-5-14(20,6-8-16)13(18)19/h1-4,20H,5-9H2,(H,18,19). The second-order valence-corrected chi connectivity index (χ2v) is 5.40. The number of benzene rings is 1. The van der Waals surface area contributed by atoms with E-state index in [1.165, 1.54) is 4.90 Å². The second-order valence-electron chi connectivity index (χ2n) is 4.96. The fraction of sp³-hybridized carbons (Fsp3) is 0.429.